The molecule has 0 aliphatic rings. The third kappa shape index (κ3) is 8.61. The van der Waals surface area contributed by atoms with Gasteiger partial charge in [0.1, 0.15) is 0 Å². The van der Waals surface area contributed by atoms with Gasteiger partial charge in [0.25, 0.3) is 0 Å². The lowest BCUT2D eigenvalue weighted by Gasteiger charge is -2.13. The van der Waals surface area contributed by atoms with E-state index < -0.39 is 6.09 Å². The van der Waals surface area contributed by atoms with Crippen molar-refractivity contribution in [3.8, 4) is 0 Å². The van der Waals surface area contributed by atoms with Crippen LogP contribution < -0.4 is 5.32 Å². The minimum Gasteiger partial charge on any atom is -0.453 e. The minimum absolute atomic E-state index is 0.0785. The van der Waals surface area contributed by atoms with E-state index in [2.05, 4.69) is 23.1 Å². The van der Waals surface area contributed by atoms with Gasteiger partial charge < -0.3 is 15.2 Å². The van der Waals surface area contributed by atoms with Crippen molar-refractivity contribution in [1.82, 2.24) is 5.32 Å². The third-order valence-corrected chi connectivity index (χ3v) is 2.92. The number of rotatable bonds is 8. The first kappa shape index (κ1) is 15.3. The van der Waals surface area contributed by atoms with Crippen molar-refractivity contribution < 1.29 is 14.6 Å². The summed E-state index contributed by atoms with van der Waals surface area (Å²) in [6.07, 6.45) is 5.08. The summed E-state index contributed by atoms with van der Waals surface area (Å²) in [5.41, 5.74) is 0. The van der Waals surface area contributed by atoms with Crippen LogP contribution in [0.15, 0.2) is 11.5 Å². The maximum Gasteiger partial charge on any atom is 0.407 e. The Kier molecular flexibility index (Phi) is 10.4. The van der Waals surface area contributed by atoms with Gasteiger partial charge in [-0.05, 0) is 11.8 Å². The van der Waals surface area contributed by atoms with Crippen LogP contribution in [0.2, 0.25) is 0 Å². The number of aliphatic hydroxyl groups is 1. The maximum atomic E-state index is 10.9. The quantitative estimate of drug-likeness (QED) is 0.645. The number of unbranched alkanes of at least 4 members (excludes halogenated alkanes) is 2. The van der Waals surface area contributed by atoms with Crippen molar-refractivity contribution >= 4 is 17.9 Å². The molecule has 0 radical (unpaired) electrons. The second-order valence-electron chi connectivity index (χ2n) is 3.36. The molecule has 1 atom stereocenters. The van der Waals surface area contributed by atoms with Gasteiger partial charge in [-0.1, -0.05) is 25.8 Å². The Bertz CT molecular complexity index is 209. The molecule has 0 bridgehead atoms. The lowest BCUT2D eigenvalue weighted by atomic mass is 10.2. The molecule has 2 N–H and O–H groups in total. The standard InChI is InChI=1S/C11H21NO3S/c1-3-4-5-6-7-16-9-10(8-13)12-11(14)15-2/h6-7,10,13H,3-5,8-9H2,1-2H3,(H,12,14)/b7-6+. The lowest BCUT2D eigenvalue weighted by molar-refractivity contribution is 0.160. The average molecular weight is 247 g/mol. The molecular weight excluding hydrogens is 226 g/mol. The Morgan fingerprint density at radius 3 is 2.94 bits per heavy atom. The molecule has 0 spiro atoms. The Balaban J connectivity index is 3.62. The zero-order valence-corrected chi connectivity index (χ0v) is 10.8. The molecule has 4 nitrogen and oxygen atoms in total. The van der Waals surface area contributed by atoms with Crippen LogP contribution in [-0.4, -0.2) is 36.7 Å². The van der Waals surface area contributed by atoms with Gasteiger partial charge in [-0.3, -0.25) is 0 Å². The SMILES string of the molecule is CCCC/C=C/SCC(CO)NC(=O)OC. The molecule has 1 unspecified atom stereocenters. The van der Waals surface area contributed by atoms with Crippen molar-refractivity contribution in [3.05, 3.63) is 11.5 Å². The highest BCUT2D eigenvalue weighted by molar-refractivity contribution is 8.02. The summed E-state index contributed by atoms with van der Waals surface area (Å²) in [5, 5.41) is 13.6. The first-order valence-electron chi connectivity index (χ1n) is 5.46. The molecule has 0 saturated carbocycles. The monoisotopic (exact) mass is 247 g/mol. The number of alkyl carbamates (subject to hydrolysis) is 1. The van der Waals surface area contributed by atoms with Gasteiger partial charge >= 0.3 is 6.09 Å². The van der Waals surface area contributed by atoms with Gasteiger partial charge in [0.05, 0.1) is 19.8 Å². The topological polar surface area (TPSA) is 58.6 Å². The number of amides is 1. The van der Waals surface area contributed by atoms with E-state index >= 15 is 0 Å². The molecule has 5 heteroatoms. The first-order valence-corrected chi connectivity index (χ1v) is 6.51. The number of carbonyl (C=O) groups excluding carboxylic acids is 1. The van der Waals surface area contributed by atoms with Crippen LogP contribution in [0, 0.1) is 0 Å². The van der Waals surface area contributed by atoms with Gasteiger partial charge in [-0.2, -0.15) is 0 Å². The number of aliphatic hydroxyl groups excluding tert-OH is 1. The molecule has 1 amide bonds. The van der Waals surface area contributed by atoms with E-state index in [1.165, 1.54) is 20.0 Å². The molecular formula is C11H21NO3S. The average Bonchev–Trinajstić information content (AvgIpc) is 2.31. The highest BCUT2D eigenvalue weighted by Crippen LogP contribution is 2.07. The third-order valence-electron chi connectivity index (χ3n) is 1.94. The van der Waals surface area contributed by atoms with Crippen LogP contribution >= 0.6 is 11.8 Å². The van der Waals surface area contributed by atoms with E-state index in [-0.39, 0.29) is 12.6 Å². The fourth-order valence-electron chi connectivity index (χ4n) is 0.995. The fourth-order valence-corrected chi connectivity index (χ4v) is 1.80. The number of hydrogen-bond acceptors (Lipinski definition) is 4. The molecule has 16 heavy (non-hydrogen) atoms. The summed E-state index contributed by atoms with van der Waals surface area (Å²) in [7, 11) is 1.31. The van der Waals surface area contributed by atoms with Gasteiger partial charge in [0.2, 0.25) is 0 Å². The molecule has 0 fully saturated rings. The first-order chi connectivity index (χ1) is 7.74. The predicted molar refractivity (Wildman–Crippen MR) is 67.5 cm³/mol. The van der Waals surface area contributed by atoms with Crippen LogP contribution in [0.5, 0.6) is 0 Å². The minimum atomic E-state index is -0.505. The molecule has 0 rings (SSSR count). The largest absolute Gasteiger partial charge is 0.453 e. The second-order valence-corrected chi connectivity index (χ2v) is 4.30. The van der Waals surface area contributed by atoms with Gasteiger partial charge in [-0.25, -0.2) is 4.79 Å². The molecule has 0 heterocycles. The van der Waals surface area contributed by atoms with E-state index in [4.69, 9.17) is 5.11 Å². The van der Waals surface area contributed by atoms with Crippen molar-refractivity contribution in [2.24, 2.45) is 0 Å². The van der Waals surface area contributed by atoms with E-state index in [9.17, 15) is 4.79 Å². The van der Waals surface area contributed by atoms with Crippen LogP contribution in [0.3, 0.4) is 0 Å². The number of ether oxygens (including phenoxy) is 1. The van der Waals surface area contributed by atoms with Gasteiger partial charge in [0.15, 0.2) is 0 Å². The number of nitrogens with one attached hydrogen (secondary N) is 1. The van der Waals surface area contributed by atoms with E-state index in [1.807, 2.05) is 5.41 Å². The molecule has 0 aliphatic carbocycles. The van der Waals surface area contributed by atoms with E-state index in [0.717, 1.165) is 6.42 Å². The highest BCUT2D eigenvalue weighted by atomic mass is 32.2. The highest BCUT2D eigenvalue weighted by Gasteiger charge is 2.09. The summed E-state index contributed by atoms with van der Waals surface area (Å²) >= 11 is 1.58. The Hall–Kier alpha value is -0.680. The summed E-state index contributed by atoms with van der Waals surface area (Å²) in [6.45, 7) is 2.08. The number of thioether (sulfide) groups is 1. The number of hydrogen-bond donors (Lipinski definition) is 2. The molecule has 94 valence electrons. The Morgan fingerprint density at radius 2 is 2.38 bits per heavy atom. The van der Waals surface area contributed by atoms with Crippen LogP contribution in [0.4, 0.5) is 4.79 Å². The van der Waals surface area contributed by atoms with Crippen LogP contribution in [0.25, 0.3) is 0 Å². The lowest BCUT2D eigenvalue weighted by Crippen LogP contribution is -2.39. The van der Waals surface area contributed by atoms with Crippen molar-refractivity contribution in [3.63, 3.8) is 0 Å². The van der Waals surface area contributed by atoms with Crippen LogP contribution in [0.1, 0.15) is 26.2 Å². The van der Waals surface area contributed by atoms with Gasteiger partial charge in [0, 0.05) is 5.75 Å². The van der Waals surface area contributed by atoms with E-state index in [0.29, 0.717) is 5.75 Å². The summed E-state index contributed by atoms with van der Waals surface area (Å²) < 4.78 is 4.45. The zero-order chi connectivity index (χ0) is 12.2. The molecule has 0 aliphatic heterocycles. The smallest absolute Gasteiger partial charge is 0.407 e. The molecule has 0 aromatic heterocycles. The summed E-state index contributed by atoms with van der Waals surface area (Å²) in [6, 6.07) is -0.256. The van der Waals surface area contributed by atoms with Crippen molar-refractivity contribution in [1.29, 1.82) is 0 Å². The van der Waals surface area contributed by atoms with E-state index in [1.54, 1.807) is 11.8 Å². The number of methoxy groups -OCH3 is 1. The predicted octanol–water partition coefficient (Wildman–Crippen LogP) is 2.14. The Labute approximate surface area is 101 Å². The Morgan fingerprint density at radius 1 is 1.62 bits per heavy atom. The second kappa shape index (κ2) is 10.8. The van der Waals surface area contributed by atoms with Crippen LogP contribution in [-0.2, 0) is 4.74 Å². The molecule has 0 aromatic carbocycles. The zero-order valence-electron chi connectivity index (χ0n) is 9.94. The fraction of sp³-hybridized carbons (Fsp3) is 0.727. The molecule has 0 saturated heterocycles. The number of allylic oxidation sites excluding steroid dienone is 1. The summed E-state index contributed by atoms with van der Waals surface area (Å²) in [4.78, 5) is 10.9. The molecule has 0 aromatic rings. The normalized spacial score (nSPS) is 12.7. The summed E-state index contributed by atoms with van der Waals surface area (Å²) in [5.74, 6) is 0.647. The maximum absolute atomic E-state index is 10.9. The number of carbonyl (C=O) groups is 1. The van der Waals surface area contributed by atoms with Crippen molar-refractivity contribution in [2.45, 2.75) is 32.2 Å². The van der Waals surface area contributed by atoms with Gasteiger partial charge in [-0.15, -0.1) is 11.8 Å². The van der Waals surface area contributed by atoms with Crippen molar-refractivity contribution in [2.75, 3.05) is 19.5 Å².